The molecule has 1 heterocycles. The van der Waals surface area contributed by atoms with Crippen LogP contribution in [0.2, 0.25) is 5.02 Å². The first-order chi connectivity index (χ1) is 18.8. The van der Waals surface area contributed by atoms with Gasteiger partial charge in [0.2, 0.25) is 0 Å². The van der Waals surface area contributed by atoms with Gasteiger partial charge in [-0.1, -0.05) is 63.9 Å². The summed E-state index contributed by atoms with van der Waals surface area (Å²) in [5.74, 6) is 1.50. The molecule has 1 amide bonds. The summed E-state index contributed by atoms with van der Waals surface area (Å²) in [6.45, 7) is 10.5. The minimum atomic E-state index is -0.417. The molecule has 1 saturated carbocycles. The van der Waals surface area contributed by atoms with Crippen LogP contribution >= 0.6 is 23.5 Å². The van der Waals surface area contributed by atoms with Crippen LogP contribution in [0.3, 0.4) is 0 Å². The number of carbonyl (C=O) groups is 1. The van der Waals surface area contributed by atoms with Crippen molar-refractivity contribution in [3.05, 3.63) is 70.3 Å². The van der Waals surface area contributed by atoms with Crippen molar-refractivity contribution in [2.24, 2.45) is 11.8 Å². The number of aryl methyl sites for hydroxylation is 1. The summed E-state index contributed by atoms with van der Waals surface area (Å²) in [7, 11) is 0. The summed E-state index contributed by atoms with van der Waals surface area (Å²) in [6, 6.07) is 12.0. The standard InChI is InChI=1S/C32H43ClN2O3S/c1-5-7-9-30(36)28-13-10-24(28)18-35-19-25(27-14-12-26(33)16-22(27)8-6-2)20-38-31-15-11-23(17-29(31)35)32(37)34-39-21(3)4/h7,9,11-12,14-17,21,24-25,28,30,36H,5-6,8,10,13,18-20H2,1-4H3,(H,34,37)/b9-7+. The average Bonchev–Trinajstić information content (AvgIpc) is 3.08. The van der Waals surface area contributed by atoms with Crippen molar-refractivity contribution < 1.29 is 14.6 Å². The Kier molecular flexibility index (Phi) is 10.7. The van der Waals surface area contributed by atoms with E-state index in [1.54, 1.807) is 0 Å². The predicted molar refractivity (Wildman–Crippen MR) is 164 cm³/mol. The highest BCUT2D eigenvalue weighted by Crippen LogP contribution is 2.42. The smallest absolute Gasteiger partial charge is 0.261 e. The van der Waals surface area contributed by atoms with Crippen LogP contribution in [0.25, 0.3) is 0 Å². The molecule has 1 aliphatic carbocycles. The number of anilines is 1. The SMILES string of the molecule is CC/C=C/C(O)C1CCC1CN1CC(c2ccc(Cl)cc2CCC)COc2ccc(C(=O)NSC(C)C)cc21. The molecule has 4 atom stereocenters. The normalized spacial score (nSPS) is 21.7. The number of halogens is 1. The maximum atomic E-state index is 12.9. The number of rotatable bonds is 11. The lowest BCUT2D eigenvalue weighted by atomic mass is 9.70. The molecule has 0 saturated heterocycles. The molecule has 7 heteroatoms. The van der Waals surface area contributed by atoms with E-state index in [1.165, 1.54) is 23.1 Å². The van der Waals surface area contributed by atoms with Crippen molar-refractivity contribution in [3.63, 3.8) is 0 Å². The van der Waals surface area contributed by atoms with Gasteiger partial charge in [0.1, 0.15) is 5.75 Å². The molecule has 2 aromatic rings. The zero-order valence-electron chi connectivity index (χ0n) is 23.7. The van der Waals surface area contributed by atoms with Gasteiger partial charge < -0.3 is 14.7 Å². The van der Waals surface area contributed by atoms with Crippen molar-refractivity contribution in [2.45, 2.75) is 77.1 Å². The van der Waals surface area contributed by atoms with Gasteiger partial charge in [-0.15, -0.1) is 0 Å². The number of allylic oxidation sites excluding steroid dienone is 1. The molecule has 2 aliphatic rings. The molecule has 0 radical (unpaired) electrons. The minimum Gasteiger partial charge on any atom is -0.491 e. The third-order valence-electron chi connectivity index (χ3n) is 7.83. The lowest BCUT2D eigenvalue weighted by Crippen LogP contribution is -2.44. The molecule has 39 heavy (non-hydrogen) atoms. The number of carbonyl (C=O) groups excluding carboxylic acids is 1. The van der Waals surface area contributed by atoms with Crippen LogP contribution in [0.1, 0.15) is 80.8 Å². The first-order valence-electron chi connectivity index (χ1n) is 14.4. The van der Waals surface area contributed by atoms with Gasteiger partial charge in [0.05, 0.1) is 18.4 Å². The van der Waals surface area contributed by atoms with Crippen LogP contribution in [0.5, 0.6) is 5.75 Å². The Morgan fingerprint density at radius 3 is 2.74 bits per heavy atom. The molecule has 4 unspecified atom stereocenters. The van der Waals surface area contributed by atoms with Gasteiger partial charge in [0.15, 0.2) is 0 Å². The highest BCUT2D eigenvalue weighted by molar-refractivity contribution is 7.98. The van der Waals surface area contributed by atoms with Crippen LogP contribution < -0.4 is 14.4 Å². The van der Waals surface area contributed by atoms with E-state index in [2.05, 4.69) is 55.5 Å². The predicted octanol–water partition coefficient (Wildman–Crippen LogP) is 7.41. The van der Waals surface area contributed by atoms with Crippen LogP contribution in [-0.2, 0) is 6.42 Å². The highest BCUT2D eigenvalue weighted by atomic mass is 35.5. The summed E-state index contributed by atoms with van der Waals surface area (Å²) < 4.78 is 9.40. The number of nitrogens with one attached hydrogen (secondary N) is 1. The molecule has 2 aromatic carbocycles. The first kappa shape index (κ1) is 29.8. The second kappa shape index (κ2) is 14.0. The van der Waals surface area contributed by atoms with Crippen LogP contribution in [-0.4, -0.2) is 42.1 Å². The van der Waals surface area contributed by atoms with E-state index < -0.39 is 6.10 Å². The Bertz CT molecular complexity index is 1150. The Morgan fingerprint density at radius 2 is 2.05 bits per heavy atom. The van der Waals surface area contributed by atoms with Crippen LogP contribution in [0.4, 0.5) is 5.69 Å². The van der Waals surface area contributed by atoms with E-state index in [9.17, 15) is 9.90 Å². The maximum absolute atomic E-state index is 12.9. The van der Waals surface area contributed by atoms with Crippen LogP contribution in [0.15, 0.2) is 48.6 Å². The lowest BCUT2D eigenvalue weighted by Gasteiger charge is -2.42. The molecular formula is C32H43ClN2O3S. The van der Waals surface area contributed by atoms with E-state index in [1.807, 2.05) is 30.3 Å². The second-order valence-corrected chi connectivity index (χ2v) is 12.9. The van der Waals surface area contributed by atoms with Crippen molar-refractivity contribution in [1.82, 2.24) is 4.72 Å². The van der Waals surface area contributed by atoms with Gasteiger partial charge in [0.25, 0.3) is 5.91 Å². The minimum absolute atomic E-state index is 0.0955. The summed E-state index contributed by atoms with van der Waals surface area (Å²) in [4.78, 5) is 15.3. The number of aliphatic hydroxyl groups is 1. The number of hydrogen-bond acceptors (Lipinski definition) is 5. The fourth-order valence-corrected chi connectivity index (χ4v) is 6.31. The summed E-state index contributed by atoms with van der Waals surface area (Å²) >= 11 is 7.81. The number of amides is 1. The monoisotopic (exact) mass is 570 g/mol. The third-order valence-corrected chi connectivity index (χ3v) is 8.84. The van der Waals surface area contributed by atoms with Gasteiger partial charge in [0, 0.05) is 34.8 Å². The molecule has 1 aliphatic heterocycles. The Balaban J connectivity index is 1.65. The van der Waals surface area contributed by atoms with Gasteiger partial charge in [-0.2, -0.15) is 0 Å². The number of nitrogens with zero attached hydrogens (tertiary/aromatic N) is 1. The summed E-state index contributed by atoms with van der Waals surface area (Å²) in [5.41, 5.74) is 4.14. The van der Waals surface area contributed by atoms with Gasteiger partial charge in [-0.3, -0.25) is 9.52 Å². The molecule has 2 N–H and O–H groups in total. The lowest BCUT2D eigenvalue weighted by molar-refractivity contribution is 0.0461. The number of hydrogen-bond donors (Lipinski definition) is 2. The maximum Gasteiger partial charge on any atom is 0.261 e. The molecule has 0 spiro atoms. The summed E-state index contributed by atoms with van der Waals surface area (Å²) in [6.07, 6.45) is 8.66. The molecule has 212 valence electrons. The average molecular weight is 571 g/mol. The Morgan fingerprint density at radius 1 is 1.23 bits per heavy atom. The fraction of sp³-hybridized carbons (Fsp3) is 0.531. The number of fused-ring (bicyclic) bond motifs is 1. The van der Waals surface area contributed by atoms with E-state index in [4.69, 9.17) is 16.3 Å². The fourth-order valence-electron chi connectivity index (χ4n) is 5.66. The third kappa shape index (κ3) is 7.53. The Hall–Kier alpha value is -2.15. The van der Waals surface area contributed by atoms with Crippen molar-refractivity contribution in [1.29, 1.82) is 0 Å². The highest BCUT2D eigenvalue weighted by Gasteiger charge is 2.38. The number of benzene rings is 2. The zero-order valence-corrected chi connectivity index (χ0v) is 25.2. The van der Waals surface area contributed by atoms with E-state index >= 15 is 0 Å². The van der Waals surface area contributed by atoms with Gasteiger partial charge >= 0.3 is 0 Å². The topological polar surface area (TPSA) is 61.8 Å². The largest absolute Gasteiger partial charge is 0.491 e. The van der Waals surface area contributed by atoms with E-state index in [0.29, 0.717) is 23.3 Å². The number of ether oxygens (including phenoxy) is 1. The zero-order chi connectivity index (χ0) is 27.9. The molecular weight excluding hydrogens is 528 g/mol. The van der Waals surface area contributed by atoms with Crippen molar-refractivity contribution in [2.75, 3.05) is 24.6 Å². The van der Waals surface area contributed by atoms with Gasteiger partial charge in [-0.05, 0) is 90.9 Å². The summed E-state index contributed by atoms with van der Waals surface area (Å²) in [5, 5.41) is 11.9. The van der Waals surface area contributed by atoms with Crippen molar-refractivity contribution in [3.8, 4) is 5.75 Å². The van der Waals surface area contributed by atoms with E-state index in [-0.39, 0.29) is 17.7 Å². The Labute approximate surface area is 243 Å². The molecule has 5 nitrogen and oxygen atoms in total. The molecule has 1 fully saturated rings. The van der Waals surface area contributed by atoms with E-state index in [0.717, 1.165) is 61.7 Å². The first-order valence-corrected chi connectivity index (χ1v) is 15.7. The molecule has 4 rings (SSSR count). The number of aliphatic hydroxyl groups excluding tert-OH is 1. The van der Waals surface area contributed by atoms with Crippen LogP contribution in [0, 0.1) is 11.8 Å². The molecule has 0 bridgehead atoms. The van der Waals surface area contributed by atoms with Gasteiger partial charge in [-0.25, -0.2) is 0 Å². The molecule has 0 aromatic heterocycles. The quantitative estimate of drug-likeness (QED) is 0.217. The second-order valence-electron chi connectivity index (χ2n) is 11.1. The van der Waals surface area contributed by atoms with Crippen molar-refractivity contribution >= 4 is 35.1 Å².